The Morgan fingerprint density at radius 2 is 1.88 bits per heavy atom. The van der Waals surface area contributed by atoms with Gasteiger partial charge in [0, 0.05) is 56.2 Å². The molecule has 1 aliphatic heterocycles. The zero-order valence-electron chi connectivity index (χ0n) is 23.9. The first kappa shape index (κ1) is 32.6. The molecule has 0 saturated carbocycles. The van der Waals surface area contributed by atoms with Crippen LogP contribution in [0.1, 0.15) is 41.3 Å². The molecule has 5 N–H and O–H groups in total. The monoisotopic (exact) mass is 600 g/mol. The first-order valence-electron chi connectivity index (χ1n) is 13.8. The number of hydrogen-bond acceptors (Lipinski definition) is 8. The molecule has 1 aromatic heterocycles. The lowest BCUT2D eigenvalue weighted by Gasteiger charge is -2.29. The maximum atomic E-state index is 13.6. The molecule has 12 nitrogen and oxygen atoms in total. The molecule has 3 aromatic rings. The van der Waals surface area contributed by atoms with Crippen LogP contribution in [-0.4, -0.2) is 78.3 Å². The van der Waals surface area contributed by atoms with Crippen LogP contribution in [0.15, 0.2) is 60.9 Å². The van der Waals surface area contributed by atoms with E-state index in [4.69, 9.17) is 9.90 Å². The number of aliphatic hydroxyl groups excluding tert-OH is 1. The Hall–Kier alpha value is -3.94. The predicted octanol–water partition coefficient (Wildman–Crippen LogP) is 1.97. The highest BCUT2D eigenvalue weighted by atomic mass is 32.2. The summed E-state index contributed by atoms with van der Waals surface area (Å²) < 4.78 is 28.6. The number of anilines is 2. The second-order valence-electron chi connectivity index (χ2n) is 9.99. The van der Waals surface area contributed by atoms with Crippen molar-refractivity contribution in [2.75, 3.05) is 35.0 Å². The summed E-state index contributed by atoms with van der Waals surface area (Å²) in [5, 5.41) is 31.6. The number of carboxylic acid groups (broad SMARTS) is 1. The van der Waals surface area contributed by atoms with Gasteiger partial charge in [-0.15, -0.1) is 0 Å². The van der Waals surface area contributed by atoms with Gasteiger partial charge in [0.25, 0.3) is 12.4 Å². The van der Waals surface area contributed by atoms with E-state index in [0.29, 0.717) is 49.4 Å². The van der Waals surface area contributed by atoms with Crippen molar-refractivity contribution in [3.63, 3.8) is 0 Å². The van der Waals surface area contributed by atoms with Gasteiger partial charge in [0.1, 0.15) is 0 Å². The molecule has 0 spiro atoms. The third kappa shape index (κ3) is 9.57. The molecule has 2 heterocycles. The third-order valence-corrected chi connectivity index (χ3v) is 8.59. The van der Waals surface area contributed by atoms with E-state index in [-0.39, 0.29) is 24.7 Å². The average molecular weight is 601 g/mol. The summed E-state index contributed by atoms with van der Waals surface area (Å²) in [6, 6.07) is 14.2. The van der Waals surface area contributed by atoms with Crippen molar-refractivity contribution >= 4 is 33.8 Å². The van der Waals surface area contributed by atoms with E-state index in [0.717, 1.165) is 17.5 Å². The van der Waals surface area contributed by atoms with Crippen LogP contribution in [0.5, 0.6) is 0 Å². The van der Waals surface area contributed by atoms with Crippen LogP contribution < -0.4 is 20.3 Å². The molecule has 0 unspecified atom stereocenters. The Balaban J connectivity index is 0.00000155. The second-order valence-corrected chi connectivity index (χ2v) is 12.0. The Morgan fingerprint density at radius 1 is 1.14 bits per heavy atom. The van der Waals surface area contributed by atoms with Gasteiger partial charge < -0.3 is 26.2 Å². The van der Waals surface area contributed by atoms with E-state index < -0.39 is 22.2 Å². The van der Waals surface area contributed by atoms with Crippen molar-refractivity contribution in [2.24, 2.45) is 7.05 Å². The molecule has 0 bridgehead atoms. The minimum absolute atomic E-state index is 0.0946. The molecule has 2 atom stereocenters. The highest BCUT2D eigenvalue weighted by Gasteiger charge is 2.28. The van der Waals surface area contributed by atoms with Crippen molar-refractivity contribution in [1.29, 1.82) is 0 Å². The average Bonchev–Trinajstić information content (AvgIpc) is 3.38. The lowest BCUT2D eigenvalue weighted by atomic mass is 10.00. The maximum Gasteiger partial charge on any atom is 0.290 e. The zero-order chi connectivity index (χ0) is 30.5. The maximum absolute atomic E-state index is 13.6. The molecule has 1 fully saturated rings. The van der Waals surface area contributed by atoms with Crippen LogP contribution in [0.2, 0.25) is 0 Å². The van der Waals surface area contributed by atoms with Gasteiger partial charge in [-0.2, -0.15) is 5.10 Å². The van der Waals surface area contributed by atoms with Crippen LogP contribution >= 0.6 is 0 Å². The lowest BCUT2D eigenvalue weighted by molar-refractivity contribution is -0.122. The third-order valence-electron chi connectivity index (χ3n) is 6.72. The van der Waals surface area contributed by atoms with Gasteiger partial charge in [-0.25, -0.2) is 8.42 Å². The topological polar surface area (TPSA) is 166 Å². The first-order valence-corrected chi connectivity index (χ1v) is 15.5. The fraction of sp³-hybridized carbons (Fsp3) is 0.414. The quantitative estimate of drug-likeness (QED) is 0.195. The Bertz CT molecular complexity index is 1400. The van der Waals surface area contributed by atoms with E-state index in [1.807, 2.05) is 50.5 Å². The summed E-state index contributed by atoms with van der Waals surface area (Å²) in [6.07, 6.45) is 4.63. The summed E-state index contributed by atoms with van der Waals surface area (Å²) in [6.45, 7) is 3.50. The summed E-state index contributed by atoms with van der Waals surface area (Å²) >= 11 is 0. The standard InChI is InChI=1S/C28H38N6O4S.CH2O2/c1-3-30-24-14-23(15-25(16-24)34-11-7-8-12-39(34,37)38)28(36)32-26(13-21-9-5-4-6-10-21)27(35)19-29-17-22-18-31-33(2)20-22;2-1-3/h4-6,9-10,14-16,18,20,26-27,29-30,35H,3,7-8,11-13,17,19H2,1-2H3,(H,32,36);1H,(H,2,3)/t26-,27+;/m0./s1. The number of carbonyl (C=O) groups is 2. The molecule has 2 aromatic carbocycles. The number of aromatic nitrogens is 2. The fourth-order valence-corrected chi connectivity index (χ4v) is 6.37. The fourth-order valence-electron chi connectivity index (χ4n) is 4.74. The first-order chi connectivity index (χ1) is 20.2. The number of carbonyl (C=O) groups excluding carboxylic acids is 1. The molecule has 0 aliphatic carbocycles. The summed E-state index contributed by atoms with van der Waals surface area (Å²) in [5.41, 5.74) is 3.44. The second kappa shape index (κ2) is 15.9. The van der Waals surface area contributed by atoms with Gasteiger partial charge >= 0.3 is 0 Å². The molecule has 13 heteroatoms. The number of aliphatic hydroxyl groups is 1. The van der Waals surface area contributed by atoms with Crippen LogP contribution in [0, 0.1) is 0 Å². The van der Waals surface area contributed by atoms with E-state index in [1.165, 1.54) is 4.31 Å². The van der Waals surface area contributed by atoms with Gasteiger partial charge in [0.15, 0.2) is 0 Å². The lowest BCUT2D eigenvalue weighted by Crippen LogP contribution is -2.48. The molecule has 1 amide bonds. The van der Waals surface area contributed by atoms with E-state index in [1.54, 1.807) is 29.1 Å². The molecule has 4 rings (SSSR count). The van der Waals surface area contributed by atoms with Gasteiger partial charge in [0.2, 0.25) is 10.0 Å². The number of nitrogens with one attached hydrogen (secondary N) is 3. The van der Waals surface area contributed by atoms with E-state index in [9.17, 15) is 18.3 Å². The van der Waals surface area contributed by atoms with Crippen LogP contribution in [-0.2, 0) is 34.8 Å². The van der Waals surface area contributed by atoms with Gasteiger partial charge in [-0.1, -0.05) is 30.3 Å². The number of benzene rings is 2. The van der Waals surface area contributed by atoms with E-state index >= 15 is 0 Å². The SMILES string of the molecule is CCNc1cc(C(=O)N[C@@H](Cc2ccccc2)[C@H](O)CNCc2cnn(C)c2)cc(N2CCCCS2(=O)=O)c1.O=CO. The number of amides is 1. The smallest absolute Gasteiger partial charge is 0.290 e. The number of rotatable bonds is 12. The van der Waals surface area contributed by atoms with Crippen molar-refractivity contribution in [3.05, 3.63) is 77.6 Å². The minimum atomic E-state index is -3.44. The highest BCUT2D eigenvalue weighted by molar-refractivity contribution is 7.92. The highest BCUT2D eigenvalue weighted by Crippen LogP contribution is 2.28. The van der Waals surface area contributed by atoms with Gasteiger partial charge in [0.05, 0.1) is 29.8 Å². The Labute approximate surface area is 246 Å². The zero-order valence-corrected chi connectivity index (χ0v) is 24.8. The largest absolute Gasteiger partial charge is 0.483 e. The number of nitrogens with zero attached hydrogens (tertiary/aromatic N) is 3. The molecule has 1 saturated heterocycles. The van der Waals surface area contributed by atoms with Crippen molar-refractivity contribution in [3.8, 4) is 0 Å². The number of sulfonamides is 1. The molecular weight excluding hydrogens is 560 g/mol. The van der Waals surface area contributed by atoms with Crippen LogP contribution in [0.25, 0.3) is 0 Å². The molecule has 1 aliphatic rings. The van der Waals surface area contributed by atoms with Crippen molar-refractivity contribution < 1.29 is 28.2 Å². The van der Waals surface area contributed by atoms with Crippen molar-refractivity contribution in [1.82, 2.24) is 20.4 Å². The van der Waals surface area contributed by atoms with E-state index in [2.05, 4.69) is 21.0 Å². The normalized spacial score (nSPS) is 15.5. The predicted molar refractivity (Wildman–Crippen MR) is 162 cm³/mol. The number of aryl methyl sites for hydroxylation is 1. The summed E-state index contributed by atoms with van der Waals surface area (Å²) in [7, 11) is -1.59. The molecule has 42 heavy (non-hydrogen) atoms. The number of hydrogen-bond donors (Lipinski definition) is 5. The molecular formula is C29H40N6O6S. The summed E-state index contributed by atoms with van der Waals surface area (Å²) in [4.78, 5) is 21.9. The van der Waals surface area contributed by atoms with Gasteiger partial charge in [-0.05, 0) is 49.9 Å². The van der Waals surface area contributed by atoms with Crippen LogP contribution in [0.3, 0.4) is 0 Å². The molecule has 228 valence electrons. The van der Waals surface area contributed by atoms with Crippen molar-refractivity contribution in [2.45, 2.75) is 44.9 Å². The Morgan fingerprint density at radius 3 is 2.52 bits per heavy atom. The Kier molecular flexibility index (Phi) is 12.3. The minimum Gasteiger partial charge on any atom is -0.483 e. The summed E-state index contributed by atoms with van der Waals surface area (Å²) in [5.74, 6) is -0.283. The molecule has 0 radical (unpaired) electrons. The van der Waals surface area contributed by atoms with Crippen LogP contribution in [0.4, 0.5) is 11.4 Å². The van der Waals surface area contributed by atoms with Gasteiger partial charge in [-0.3, -0.25) is 18.6 Å².